The lowest BCUT2D eigenvalue weighted by Crippen LogP contribution is -2.15. The maximum Gasteiger partial charge on any atom is 0.234 e. The minimum Gasteiger partial charge on any atom is -0.497 e. The quantitative estimate of drug-likeness (QED) is 0.367. The van der Waals surface area contributed by atoms with Crippen molar-refractivity contribution in [2.24, 2.45) is 0 Å². The van der Waals surface area contributed by atoms with Crippen LogP contribution in [0.4, 0.5) is 5.69 Å². The van der Waals surface area contributed by atoms with Gasteiger partial charge in [-0.25, -0.2) is 0 Å². The zero-order chi connectivity index (χ0) is 22.2. The largest absolute Gasteiger partial charge is 0.497 e. The van der Waals surface area contributed by atoms with Gasteiger partial charge in [0.15, 0.2) is 17.1 Å². The van der Waals surface area contributed by atoms with Gasteiger partial charge in [0.2, 0.25) is 5.91 Å². The molecule has 0 saturated carbocycles. The predicted octanol–water partition coefficient (Wildman–Crippen LogP) is 4.65. The number of benzene rings is 2. The van der Waals surface area contributed by atoms with Gasteiger partial charge in [-0.2, -0.15) is 0 Å². The van der Waals surface area contributed by atoms with Gasteiger partial charge in [-0.15, -0.1) is 16.8 Å². The topological polar surface area (TPSA) is 78.3 Å². The van der Waals surface area contributed by atoms with E-state index < -0.39 is 0 Å². The molecule has 1 amide bonds. The molecule has 1 atom stereocenters. The summed E-state index contributed by atoms with van der Waals surface area (Å²) in [7, 11) is 1.60. The van der Waals surface area contributed by atoms with Gasteiger partial charge in [-0.1, -0.05) is 30.0 Å². The summed E-state index contributed by atoms with van der Waals surface area (Å²) < 4.78 is 13.1. The molecule has 0 aliphatic rings. The number of aromatic nitrogens is 3. The molecule has 0 aliphatic heterocycles. The van der Waals surface area contributed by atoms with Crippen LogP contribution in [0, 0.1) is 6.92 Å². The van der Waals surface area contributed by atoms with Gasteiger partial charge >= 0.3 is 0 Å². The highest BCUT2D eigenvalue weighted by Gasteiger charge is 2.20. The molecule has 0 saturated heterocycles. The Bertz CT molecular complexity index is 1030. The van der Waals surface area contributed by atoms with E-state index >= 15 is 0 Å². The van der Waals surface area contributed by atoms with Gasteiger partial charge in [0.05, 0.1) is 12.9 Å². The van der Waals surface area contributed by atoms with E-state index in [9.17, 15) is 4.79 Å². The highest BCUT2D eigenvalue weighted by Crippen LogP contribution is 2.25. The number of hydrogen-bond acceptors (Lipinski definition) is 6. The molecular formula is C23H26N4O3S. The number of rotatable bonds is 10. The SMILES string of the molecule is C=CCn1c(SCC(=O)Nc2ccc(OC)cc2)nnc1C(C)Oc1cccc(C)c1. The van der Waals surface area contributed by atoms with Crippen molar-refractivity contribution >= 4 is 23.4 Å². The van der Waals surface area contributed by atoms with Crippen molar-refractivity contribution in [1.82, 2.24) is 14.8 Å². The van der Waals surface area contributed by atoms with Crippen molar-refractivity contribution < 1.29 is 14.3 Å². The molecule has 0 bridgehead atoms. The molecule has 3 rings (SSSR count). The van der Waals surface area contributed by atoms with Gasteiger partial charge in [0.1, 0.15) is 11.5 Å². The molecule has 0 spiro atoms. The summed E-state index contributed by atoms with van der Waals surface area (Å²) in [6.07, 6.45) is 1.46. The van der Waals surface area contributed by atoms with E-state index in [0.717, 1.165) is 17.1 Å². The van der Waals surface area contributed by atoms with E-state index in [2.05, 4.69) is 22.1 Å². The van der Waals surface area contributed by atoms with Crippen LogP contribution in [-0.2, 0) is 11.3 Å². The van der Waals surface area contributed by atoms with E-state index in [1.807, 2.05) is 42.7 Å². The molecule has 0 aliphatic carbocycles. The van der Waals surface area contributed by atoms with Gasteiger partial charge < -0.3 is 14.8 Å². The smallest absolute Gasteiger partial charge is 0.234 e. The number of carbonyl (C=O) groups is 1. The van der Waals surface area contributed by atoms with E-state index in [-0.39, 0.29) is 17.8 Å². The lowest BCUT2D eigenvalue weighted by molar-refractivity contribution is -0.113. The second-order valence-electron chi connectivity index (χ2n) is 6.88. The number of ether oxygens (including phenoxy) is 2. The number of nitrogens with one attached hydrogen (secondary N) is 1. The molecule has 7 nitrogen and oxygen atoms in total. The Hall–Kier alpha value is -3.26. The average Bonchev–Trinajstić information content (AvgIpc) is 3.16. The van der Waals surface area contributed by atoms with Crippen LogP contribution in [0.25, 0.3) is 0 Å². The average molecular weight is 439 g/mol. The summed E-state index contributed by atoms with van der Waals surface area (Å²) >= 11 is 1.32. The predicted molar refractivity (Wildman–Crippen MR) is 123 cm³/mol. The highest BCUT2D eigenvalue weighted by molar-refractivity contribution is 7.99. The van der Waals surface area contributed by atoms with Crippen LogP contribution in [-0.4, -0.2) is 33.5 Å². The minimum atomic E-state index is -0.309. The normalized spacial score (nSPS) is 11.6. The first-order chi connectivity index (χ1) is 15.0. The van der Waals surface area contributed by atoms with Crippen molar-refractivity contribution in [2.45, 2.75) is 31.7 Å². The molecule has 31 heavy (non-hydrogen) atoms. The Morgan fingerprint density at radius 3 is 2.68 bits per heavy atom. The first-order valence-corrected chi connectivity index (χ1v) is 10.8. The van der Waals surface area contributed by atoms with E-state index in [1.165, 1.54) is 11.8 Å². The summed E-state index contributed by atoms with van der Waals surface area (Å²) in [6, 6.07) is 15.0. The van der Waals surface area contributed by atoms with Crippen molar-refractivity contribution in [1.29, 1.82) is 0 Å². The molecule has 8 heteroatoms. The fraction of sp³-hybridized carbons (Fsp3) is 0.261. The fourth-order valence-electron chi connectivity index (χ4n) is 2.96. The minimum absolute atomic E-state index is 0.131. The lowest BCUT2D eigenvalue weighted by atomic mass is 10.2. The van der Waals surface area contributed by atoms with E-state index in [4.69, 9.17) is 9.47 Å². The number of allylic oxidation sites excluding steroid dienone is 1. The van der Waals surface area contributed by atoms with Crippen molar-refractivity contribution in [3.05, 3.63) is 72.6 Å². The number of amides is 1. The molecule has 3 aromatic rings. The number of hydrogen-bond donors (Lipinski definition) is 1. The van der Waals surface area contributed by atoms with Gasteiger partial charge in [-0.3, -0.25) is 9.36 Å². The number of carbonyl (C=O) groups excluding carboxylic acids is 1. The van der Waals surface area contributed by atoms with Gasteiger partial charge in [0, 0.05) is 12.2 Å². The number of anilines is 1. The van der Waals surface area contributed by atoms with Gasteiger partial charge in [0.25, 0.3) is 0 Å². The van der Waals surface area contributed by atoms with Crippen LogP contribution in [0.15, 0.2) is 66.3 Å². The third-order valence-corrected chi connectivity index (χ3v) is 5.40. The maximum absolute atomic E-state index is 12.4. The molecule has 1 aromatic heterocycles. The van der Waals surface area contributed by atoms with Crippen LogP contribution in [0.2, 0.25) is 0 Å². The maximum atomic E-state index is 12.4. The number of aryl methyl sites for hydroxylation is 1. The van der Waals surface area contributed by atoms with Crippen LogP contribution in [0.5, 0.6) is 11.5 Å². The van der Waals surface area contributed by atoms with Crippen LogP contribution >= 0.6 is 11.8 Å². The molecule has 1 unspecified atom stereocenters. The zero-order valence-corrected chi connectivity index (χ0v) is 18.7. The Labute approximate surface area is 186 Å². The lowest BCUT2D eigenvalue weighted by Gasteiger charge is -2.16. The summed E-state index contributed by atoms with van der Waals surface area (Å²) in [6.45, 7) is 8.29. The molecule has 0 fully saturated rings. The second-order valence-corrected chi connectivity index (χ2v) is 7.82. The third-order valence-electron chi connectivity index (χ3n) is 4.43. The second kappa shape index (κ2) is 10.7. The van der Waals surface area contributed by atoms with E-state index in [1.54, 1.807) is 37.5 Å². The summed E-state index contributed by atoms with van der Waals surface area (Å²) in [4.78, 5) is 12.4. The highest BCUT2D eigenvalue weighted by atomic mass is 32.2. The first-order valence-electron chi connectivity index (χ1n) is 9.84. The molecule has 1 N–H and O–H groups in total. The summed E-state index contributed by atoms with van der Waals surface area (Å²) in [5.74, 6) is 2.26. The molecule has 162 valence electrons. The number of methoxy groups -OCH3 is 1. The van der Waals surface area contributed by atoms with Gasteiger partial charge in [-0.05, 0) is 55.8 Å². The summed E-state index contributed by atoms with van der Waals surface area (Å²) in [5.41, 5.74) is 1.83. The van der Waals surface area contributed by atoms with Crippen LogP contribution in [0.1, 0.15) is 24.4 Å². The number of thioether (sulfide) groups is 1. The molecule has 0 radical (unpaired) electrons. The third kappa shape index (κ3) is 6.11. The summed E-state index contributed by atoms with van der Waals surface area (Å²) in [5, 5.41) is 12.1. The van der Waals surface area contributed by atoms with Crippen LogP contribution < -0.4 is 14.8 Å². The zero-order valence-electron chi connectivity index (χ0n) is 17.9. The Morgan fingerprint density at radius 1 is 1.23 bits per heavy atom. The van der Waals surface area contributed by atoms with Crippen molar-refractivity contribution in [2.75, 3.05) is 18.2 Å². The van der Waals surface area contributed by atoms with Crippen LogP contribution in [0.3, 0.4) is 0 Å². The Kier molecular flexibility index (Phi) is 7.72. The monoisotopic (exact) mass is 438 g/mol. The van der Waals surface area contributed by atoms with Crippen molar-refractivity contribution in [3.8, 4) is 11.5 Å². The molecular weight excluding hydrogens is 412 g/mol. The first kappa shape index (κ1) is 22.4. The fourth-order valence-corrected chi connectivity index (χ4v) is 3.71. The standard InChI is InChI=1S/C23H26N4O3S/c1-5-13-27-22(17(3)30-20-8-6-7-16(2)14-20)25-26-23(27)31-15-21(28)24-18-9-11-19(29-4)12-10-18/h5-12,14,17H,1,13,15H2,2-4H3,(H,24,28). The molecule has 1 heterocycles. The molecule has 2 aromatic carbocycles. The number of nitrogens with zero attached hydrogens (tertiary/aromatic N) is 3. The van der Waals surface area contributed by atoms with E-state index in [0.29, 0.717) is 23.2 Å². The Balaban J connectivity index is 1.64. The van der Waals surface area contributed by atoms with Crippen molar-refractivity contribution in [3.63, 3.8) is 0 Å². The Morgan fingerprint density at radius 2 is 2.00 bits per heavy atom.